The fourth-order valence-electron chi connectivity index (χ4n) is 2.13. The first kappa shape index (κ1) is 17.5. The minimum atomic E-state index is -1.03. The maximum Gasteiger partial charge on any atom is 0.407 e. The van der Waals surface area contributed by atoms with Crippen LogP contribution in [0.15, 0.2) is 12.2 Å². The van der Waals surface area contributed by atoms with E-state index in [1.54, 1.807) is 33.8 Å². The van der Waals surface area contributed by atoms with Crippen LogP contribution in [-0.4, -0.2) is 41.5 Å². The van der Waals surface area contributed by atoms with Crippen molar-refractivity contribution in [2.75, 3.05) is 6.61 Å². The minimum Gasteiger partial charge on any atom is -0.465 e. The number of amides is 1. The van der Waals surface area contributed by atoms with E-state index in [4.69, 9.17) is 9.47 Å². The van der Waals surface area contributed by atoms with Gasteiger partial charge in [0.15, 0.2) is 0 Å². The lowest BCUT2D eigenvalue weighted by Crippen LogP contribution is -2.48. The van der Waals surface area contributed by atoms with E-state index in [2.05, 4.69) is 5.32 Å². The van der Waals surface area contributed by atoms with Crippen molar-refractivity contribution in [1.29, 1.82) is 0 Å². The molecule has 6 heteroatoms. The molecule has 2 N–H and O–H groups in total. The lowest BCUT2D eigenvalue weighted by Gasteiger charge is -2.27. The number of hydrogen-bond acceptors (Lipinski definition) is 5. The molecule has 3 atom stereocenters. The highest BCUT2D eigenvalue weighted by Gasteiger charge is 2.35. The van der Waals surface area contributed by atoms with Crippen molar-refractivity contribution in [1.82, 2.24) is 5.32 Å². The number of aliphatic hydroxyl groups excluding tert-OH is 1. The fourth-order valence-corrected chi connectivity index (χ4v) is 2.13. The first-order valence-corrected chi connectivity index (χ1v) is 7.25. The molecular formula is C15H25NO5. The molecule has 21 heavy (non-hydrogen) atoms. The number of carbonyl (C=O) groups is 2. The van der Waals surface area contributed by atoms with E-state index >= 15 is 0 Å². The van der Waals surface area contributed by atoms with Gasteiger partial charge in [0.25, 0.3) is 0 Å². The molecule has 120 valence electrons. The largest absolute Gasteiger partial charge is 0.465 e. The van der Waals surface area contributed by atoms with Crippen LogP contribution in [0.25, 0.3) is 0 Å². The molecule has 1 aliphatic rings. The third-order valence-corrected chi connectivity index (χ3v) is 3.03. The number of hydrogen-bond donors (Lipinski definition) is 2. The summed E-state index contributed by atoms with van der Waals surface area (Å²) in [5.41, 5.74) is -0.613. The molecular weight excluding hydrogens is 274 g/mol. The Balaban J connectivity index is 2.70. The molecule has 1 aliphatic carbocycles. The molecule has 1 amide bonds. The topological polar surface area (TPSA) is 84.9 Å². The molecule has 6 nitrogen and oxygen atoms in total. The Kier molecular flexibility index (Phi) is 6.20. The van der Waals surface area contributed by atoms with Crippen LogP contribution >= 0.6 is 0 Å². The van der Waals surface area contributed by atoms with Crippen molar-refractivity contribution >= 4 is 12.1 Å². The average Bonchev–Trinajstić information content (AvgIpc) is 2.50. The first-order valence-electron chi connectivity index (χ1n) is 7.25. The van der Waals surface area contributed by atoms with Gasteiger partial charge in [-0.15, -0.1) is 0 Å². The number of esters is 1. The normalized spacial score (nSPS) is 25.9. The summed E-state index contributed by atoms with van der Waals surface area (Å²) in [6.45, 7) is 7.25. The summed E-state index contributed by atoms with van der Waals surface area (Å²) in [6, 6.07) is -0.552. The van der Waals surface area contributed by atoms with Crippen LogP contribution < -0.4 is 5.32 Å². The SMILES string of the molecule is CCOC(=O)C1C=CCC[C@H](NC(=O)OC(C)(C)C)C1O. The van der Waals surface area contributed by atoms with Crippen molar-refractivity contribution in [2.24, 2.45) is 5.92 Å². The molecule has 1 rings (SSSR count). The Morgan fingerprint density at radius 1 is 1.38 bits per heavy atom. The summed E-state index contributed by atoms with van der Waals surface area (Å²) in [4.78, 5) is 23.6. The second kappa shape index (κ2) is 7.45. The minimum absolute atomic E-state index is 0.250. The van der Waals surface area contributed by atoms with Gasteiger partial charge in [-0.25, -0.2) is 4.79 Å². The van der Waals surface area contributed by atoms with Gasteiger partial charge in [0.05, 0.1) is 18.8 Å². The molecule has 0 aromatic heterocycles. The maximum absolute atomic E-state index is 11.8. The zero-order chi connectivity index (χ0) is 16.0. The highest BCUT2D eigenvalue weighted by molar-refractivity contribution is 5.76. The number of alkyl carbamates (subject to hydrolysis) is 1. The van der Waals surface area contributed by atoms with E-state index < -0.39 is 35.7 Å². The maximum atomic E-state index is 11.8. The number of nitrogens with one attached hydrogen (secondary N) is 1. The summed E-state index contributed by atoms with van der Waals surface area (Å²) < 4.78 is 10.1. The van der Waals surface area contributed by atoms with E-state index in [-0.39, 0.29) is 6.61 Å². The average molecular weight is 299 g/mol. The van der Waals surface area contributed by atoms with Crippen molar-refractivity contribution in [3.63, 3.8) is 0 Å². The standard InChI is InChI=1S/C15H25NO5/c1-5-20-13(18)10-8-6-7-9-11(12(10)17)16-14(19)21-15(2,3)4/h6,8,10-12,17H,5,7,9H2,1-4H3,(H,16,19)/t10?,11-,12?/m0/s1. The summed E-state index contributed by atoms with van der Waals surface area (Å²) >= 11 is 0. The van der Waals surface area contributed by atoms with Crippen LogP contribution in [0.5, 0.6) is 0 Å². The predicted octanol–water partition coefficient (Wildman–Crippen LogP) is 1.77. The molecule has 2 unspecified atom stereocenters. The van der Waals surface area contributed by atoms with E-state index in [0.29, 0.717) is 12.8 Å². The number of rotatable bonds is 3. The van der Waals surface area contributed by atoms with Crippen molar-refractivity contribution < 1.29 is 24.2 Å². The lowest BCUT2D eigenvalue weighted by molar-refractivity contribution is -0.150. The van der Waals surface area contributed by atoms with Gasteiger partial charge >= 0.3 is 12.1 Å². The Bertz CT molecular complexity index is 399. The highest BCUT2D eigenvalue weighted by atomic mass is 16.6. The highest BCUT2D eigenvalue weighted by Crippen LogP contribution is 2.20. The molecule has 0 bridgehead atoms. The summed E-state index contributed by atoms with van der Waals surface area (Å²) in [5.74, 6) is -1.26. The monoisotopic (exact) mass is 299 g/mol. The van der Waals surface area contributed by atoms with Crippen LogP contribution in [0, 0.1) is 5.92 Å². The Morgan fingerprint density at radius 3 is 2.62 bits per heavy atom. The van der Waals surface area contributed by atoms with E-state index in [0.717, 1.165) is 0 Å². The molecule has 0 aromatic rings. The molecule has 0 aliphatic heterocycles. The van der Waals surface area contributed by atoms with Gasteiger partial charge in [-0.05, 0) is 40.5 Å². The van der Waals surface area contributed by atoms with Crippen LogP contribution in [0.2, 0.25) is 0 Å². The molecule has 0 saturated heterocycles. The fraction of sp³-hybridized carbons (Fsp3) is 0.733. The number of aliphatic hydroxyl groups is 1. The Morgan fingerprint density at radius 2 is 2.05 bits per heavy atom. The zero-order valence-electron chi connectivity index (χ0n) is 13.1. The van der Waals surface area contributed by atoms with Crippen LogP contribution in [0.4, 0.5) is 4.79 Å². The second-order valence-electron chi connectivity index (χ2n) is 6.03. The summed E-state index contributed by atoms with van der Waals surface area (Å²) in [7, 11) is 0. The van der Waals surface area contributed by atoms with Crippen LogP contribution in [0.1, 0.15) is 40.5 Å². The molecule has 0 heterocycles. The summed E-state index contributed by atoms with van der Waals surface area (Å²) in [6.07, 6.45) is 3.02. The van der Waals surface area contributed by atoms with Gasteiger partial charge in [-0.2, -0.15) is 0 Å². The Hall–Kier alpha value is -1.56. The van der Waals surface area contributed by atoms with Gasteiger partial charge in [-0.3, -0.25) is 4.79 Å². The van der Waals surface area contributed by atoms with Gasteiger partial charge in [0.1, 0.15) is 11.5 Å². The van der Waals surface area contributed by atoms with Crippen molar-refractivity contribution in [3.05, 3.63) is 12.2 Å². The van der Waals surface area contributed by atoms with Gasteiger partial charge < -0.3 is 19.9 Å². The Labute approximate surface area is 125 Å². The van der Waals surface area contributed by atoms with E-state index in [9.17, 15) is 14.7 Å². The first-order chi connectivity index (χ1) is 9.74. The third kappa shape index (κ3) is 5.75. The quantitative estimate of drug-likeness (QED) is 0.613. The zero-order valence-corrected chi connectivity index (χ0v) is 13.1. The van der Waals surface area contributed by atoms with Crippen molar-refractivity contribution in [2.45, 2.75) is 58.3 Å². The lowest BCUT2D eigenvalue weighted by atomic mass is 9.96. The molecule has 0 saturated carbocycles. The molecule has 0 aromatic carbocycles. The smallest absolute Gasteiger partial charge is 0.407 e. The molecule has 0 spiro atoms. The second-order valence-corrected chi connectivity index (χ2v) is 6.03. The van der Waals surface area contributed by atoms with E-state index in [1.807, 2.05) is 6.08 Å². The van der Waals surface area contributed by atoms with E-state index in [1.165, 1.54) is 0 Å². The van der Waals surface area contributed by atoms with Crippen molar-refractivity contribution in [3.8, 4) is 0 Å². The van der Waals surface area contributed by atoms with Gasteiger partial charge in [0, 0.05) is 0 Å². The molecule has 0 fully saturated rings. The van der Waals surface area contributed by atoms with Crippen LogP contribution in [0.3, 0.4) is 0 Å². The van der Waals surface area contributed by atoms with Gasteiger partial charge in [0.2, 0.25) is 0 Å². The molecule has 0 radical (unpaired) electrons. The van der Waals surface area contributed by atoms with Crippen LogP contribution in [-0.2, 0) is 14.3 Å². The number of ether oxygens (including phenoxy) is 2. The van der Waals surface area contributed by atoms with Gasteiger partial charge in [-0.1, -0.05) is 12.2 Å². The summed E-state index contributed by atoms with van der Waals surface area (Å²) in [5, 5.41) is 13.0. The number of allylic oxidation sites excluding steroid dienone is 1. The number of carbonyl (C=O) groups excluding carboxylic acids is 2. The predicted molar refractivity (Wildman–Crippen MR) is 77.7 cm³/mol. The third-order valence-electron chi connectivity index (χ3n) is 3.03.